The van der Waals surface area contributed by atoms with Crippen molar-refractivity contribution in [2.45, 2.75) is 32.2 Å². The molecule has 1 rings (SSSR count). The fourth-order valence-electron chi connectivity index (χ4n) is 2.18. The van der Waals surface area contributed by atoms with Crippen LogP contribution >= 0.6 is 0 Å². The summed E-state index contributed by atoms with van der Waals surface area (Å²) in [7, 11) is 0. The summed E-state index contributed by atoms with van der Waals surface area (Å²) in [5.41, 5.74) is 0. The quantitative estimate of drug-likeness (QED) is 0.711. The monoisotopic (exact) mass is 285 g/mol. The van der Waals surface area contributed by atoms with E-state index >= 15 is 0 Å². The number of nitrogens with zero attached hydrogens (tertiary/aromatic N) is 2. The van der Waals surface area contributed by atoms with E-state index in [1.807, 2.05) is 0 Å². The molecule has 1 aliphatic rings. The molecular formula is C12H24N2Y-2. The van der Waals surface area contributed by atoms with Crippen molar-refractivity contribution in [3.8, 4) is 0 Å². The Kier molecular flexibility index (Phi) is 9.72. The molecule has 0 aliphatic carbocycles. The van der Waals surface area contributed by atoms with Gasteiger partial charge in [0, 0.05) is 45.3 Å². The van der Waals surface area contributed by atoms with Crippen molar-refractivity contribution in [1.82, 2.24) is 9.80 Å². The van der Waals surface area contributed by atoms with Gasteiger partial charge in [0.2, 0.25) is 0 Å². The predicted molar refractivity (Wildman–Crippen MR) is 62.0 cm³/mol. The maximum Gasteiger partial charge on any atom is 0.0142 e. The minimum atomic E-state index is 0. The largest absolute Gasteiger partial charge is 0.359 e. The van der Waals surface area contributed by atoms with Crippen molar-refractivity contribution < 1.29 is 32.7 Å². The molecule has 0 N–H and O–H groups in total. The second-order valence-electron chi connectivity index (χ2n) is 4.25. The Morgan fingerprint density at radius 2 is 1.67 bits per heavy atom. The Labute approximate surface area is 121 Å². The molecule has 15 heavy (non-hydrogen) atoms. The minimum Gasteiger partial charge on any atom is -0.359 e. The predicted octanol–water partition coefficient (Wildman–Crippen LogP) is 1.83. The molecule has 1 aliphatic heterocycles. The molecule has 1 atom stereocenters. The summed E-state index contributed by atoms with van der Waals surface area (Å²) in [5, 5.41) is 0. The molecule has 1 unspecified atom stereocenters. The smallest absolute Gasteiger partial charge is 0.0142 e. The van der Waals surface area contributed by atoms with Gasteiger partial charge in [0.15, 0.2) is 0 Å². The maximum atomic E-state index is 3.94. The average Bonchev–Trinajstić information content (AvgIpc) is 2.21. The van der Waals surface area contributed by atoms with Gasteiger partial charge in [-0.05, 0) is 32.9 Å². The van der Waals surface area contributed by atoms with Gasteiger partial charge < -0.3 is 23.6 Å². The van der Waals surface area contributed by atoms with Gasteiger partial charge in [-0.3, -0.25) is 0 Å². The molecule has 0 bridgehead atoms. The van der Waals surface area contributed by atoms with Gasteiger partial charge in [-0.2, -0.15) is 0 Å². The molecule has 1 saturated heterocycles. The Morgan fingerprint density at radius 1 is 1.13 bits per heavy atom. The fourth-order valence-corrected chi connectivity index (χ4v) is 2.18. The molecule has 0 amide bonds. The summed E-state index contributed by atoms with van der Waals surface area (Å²) in [6, 6.07) is 0.600. The van der Waals surface area contributed by atoms with Crippen LogP contribution in [-0.2, 0) is 32.7 Å². The van der Waals surface area contributed by atoms with E-state index in [9.17, 15) is 0 Å². The Morgan fingerprint density at radius 3 is 2.13 bits per heavy atom. The minimum absolute atomic E-state index is 0. The number of likely N-dealkylation sites (tertiary alicyclic amines) is 1. The zero-order chi connectivity index (χ0) is 10.4. The molecule has 0 aromatic rings. The van der Waals surface area contributed by atoms with Gasteiger partial charge in [0.1, 0.15) is 0 Å². The van der Waals surface area contributed by atoms with Crippen LogP contribution in [0.15, 0.2) is 0 Å². The zero-order valence-corrected chi connectivity index (χ0v) is 13.0. The molecule has 3 heteroatoms. The van der Waals surface area contributed by atoms with Crippen LogP contribution in [0.2, 0.25) is 0 Å². The van der Waals surface area contributed by atoms with E-state index in [2.05, 4.69) is 30.6 Å². The van der Waals surface area contributed by atoms with E-state index < -0.39 is 0 Å². The first kappa shape index (κ1) is 16.0. The van der Waals surface area contributed by atoms with Crippen molar-refractivity contribution >= 4 is 0 Å². The summed E-state index contributed by atoms with van der Waals surface area (Å²) < 4.78 is 0. The van der Waals surface area contributed by atoms with Crippen LogP contribution in [0.3, 0.4) is 0 Å². The average molecular weight is 285 g/mol. The number of hydrogen-bond donors (Lipinski definition) is 0. The van der Waals surface area contributed by atoms with Gasteiger partial charge in [0.25, 0.3) is 0 Å². The van der Waals surface area contributed by atoms with Crippen LogP contribution in [0.4, 0.5) is 0 Å². The van der Waals surface area contributed by atoms with E-state index in [0.29, 0.717) is 6.04 Å². The van der Waals surface area contributed by atoms with Gasteiger partial charge in [-0.15, -0.1) is 13.1 Å². The molecule has 87 valence electrons. The summed E-state index contributed by atoms with van der Waals surface area (Å²) in [4.78, 5) is 4.90. The molecule has 1 heterocycles. The van der Waals surface area contributed by atoms with Gasteiger partial charge in [0.05, 0.1) is 0 Å². The van der Waals surface area contributed by atoms with Crippen molar-refractivity contribution in [3.63, 3.8) is 0 Å². The van der Waals surface area contributed by atoms with E-state index in [1.54, 1.807) is 0 Å². The molecule has 0 spiro atoms. The third kappa shape index (κ3) is 5.77. The van der Waals surface area contributed by atoms with Crippen LogP contribution < -0.4 is 0 Å². The van der Waals surface area contributed by atoms with Crippen LogP contribution in [0, 0.1) is 13.8 Å². The number of hydrogen-bond acceptors (Lipinski definition) is 2. The van der Waals surface area contributed by atoms with E-state index in [0.717, 1.165) is 13.1 Å². The van der Waals surface area contributed by atoms with Crippen molar-refractivity contribution in [2.24, 2.45) is 0 Å². The van der Waals surface area contributed by atoms with E-state index in [-0.39, 0.29) is 32.7 Å². The third-order valence-corrected chi connectivity index (χ3v) is 3.17. The molecule has 0 aromatic heterocycles. The molecule has 2 nitrogen and oxygen atoms in total. The Hall–Kier alpha value is 1.02. The maximum absolute atomic E-state index is 3.94. The van der Waals surface area contributed by atoms with Crippen LogP contribution in [0.5, 0.6) is 0 Å². The molecular weight excluding hydrogens is 261 g/mol. The van der Waals surface area contributed by atoms with Crippen molar-refractivity contribution in [1.29, 1.82) is 0 Å². The van der Waals surface area contributed by atoms with Crippen LogP contribution in [-0.4, -0.2) is 48.6 Å². The first-order valence-corrected chi connectivity index (χ1v) is 5.82. The SMILES string of the molecule is [CH2-]CN(C[CH2-])C(C)CN1CCCCC1.[Y]. The normalized spacial score (nSPS) is 20.0. The molecule has 0 aromatic carbocycles. The van der Waals surface area contributed by atoms with Crippen LogP contribution in [0.1, 0.15) is 26.2 Å². The first-order chi connectivity index (χ1) is 6.77. The molecule has 1 radical (unpaired) electrons. The van der Waals surface area contributed by atoms with Crippen molar-refractivity contribution in [3.05, 3.63) is 13.8 Å². The van der Waals surface area contributed by atoms with Crippen LogP contribution in [0.25, 0.3) is 0 Å². The fraction of sp³-hybridized carbons (Fsp3) is 0.833. The van der Waals surface area contributed by atoms with E-state index in [1.165, 1.54) is 38.9 Å². The first-order valence-electron chi connectivity index (χ1n) is 5.82. The van der Waals surface area contributed by atoms with E-state index in [4.69, 9.17) is 0 Å². The zero-order valence-electron chi connectivity index (χ0n) is 10.1. The summed E-state index contributed by atoms with van der Waals surface area (Å²) in [6.07, 6.45) is 4.17. The second-order valence-corrected chi connectivity index (χ2v) is 4.25. The molecule has 1 fully saturated rings. The summed E-state index contributed by atoms with van der Waals surface area (Å²) in [5.74, 6) is 0. The summed E-state index contributed by atoms with van der Waals surface area (Å²) >= 11 is 0. The Balaban J connectivity index is 0.00000196. The van der Waals surface area contributed by atoms with Crippen molar-refractivity contribution in [2.75, 3.05) is 32.7 Å². The molecule has 0 saturated carbocycles. The Bertz CT molecular complexity index is 143. The number of rotatable bonds is 5. The topological polar surface area (TPSA) is 6.48 Å². The summed E-state index contributed by atoms with van der Waals surface area (Å²) in [6.45, 7) is 15.7. The van der Waals surface area contributed by atoms with Gasteiger partial charge in [-0.25, -0.2) is 0 Å². The second kappa shape index (κ2) is 9.10. The van der Waals surface area contributed by atoms with Gasteiger partial charge >= 0.3 is 0 Å². The van der Waals surface area contributed by atoms with Gasteiger partial charge in [-0.1, -0.05) is 6.42 Å². The standard InChI is InChI=1S/C12H24N2.Y/c1-4-14(5-2)12(3)11-13-9-7-6-8-10-13;/h12H,1-2,4-11H2,3H3;/q-2;. The third-order valence-electron chi connectivity index (χ3n) is 3.17. The number of piperidine rings is 1.